The fourth-order valence-corrected chi connectivity index (χ4v) is 0.622. The first-order valence-corrected chi connectivity index (χ1v) is 3.53. The van der Waals surface area contributed by atoms with Crippen LogP contribution in [0.1, 0.15) is 26.7 Å². The van der Waals surface area contributed by atoms with Crippen LogP contribution in [0.5, 0.6) is 0 Å². The Kier molecular flexibility index (Phi) is 5.64. The van der Waals surface area contributed by atoms with Crippen molar-refractivity contribution >= 4 is 0 Å². The lowest BCUT2D eigenvalue weighted by molar-refractivity contribution is 0.0688. The van der Waals surface area contributed by atoms with Crippen LogP contribution < -0.4 is 0 Å². The van der Waals surface area contributed by atoms with E-state index < -0.39 is 0 Å². The Morgan fingerprint density at radius 2 is 2.33 bits per heavy atom. The molecule has 0 aromatic carbocycles. The predicted octanol–water partition coefficient (Wildman–Crippen LogP) is 2.38. The summed E-state index contributed by atoms with van der Waals surface area (Å²) >= 11 is 0. The molecule has 0 radical (unpaired) electrons. The molecule has 1 heteroatoms. The minimum absolute atomic E-state index is 0.349. The van der Waals surface area contributed by atoms with Crippen LogP contribution in [-0.4, -0.2) is 12.7 Å². The third-order valence-corrected chi connectivity index (χ3v) is 1.11. The molecule has 0 fully saturated rings. The maximum atomic E-state index is 5.36. The van der Waals surface area contributed by atoms with E-state index in [9.17, 15) is 0 Å². The summed E-state index contributed by atoms with van der Waals surface area (Å²) in [4.78, 5) is 0. The van der Waals surface area contributed by atoms with Crippen LogP contribution in [0.25, 0.3) is 0 Å². The summed E-state index contributed by atoms with van der Waals surface area (Å²) in [5, 5.41) is 0. The molecular weight excluding hydrogens is 112 g/mol. The highest BCUT2D eigenvalue weighted by Gasteiger charge is 1.95. The Labute approximate surface area is 57.7 Å². The van der Waals surface area contributed by atoms with Gasteiger partial charge in [0.05, 0.1) is 6.10 Å². The van der Waals surface area contributed by atoms with E-state index in [1.54, 1.807) is 0 Å². The molecule has 1 atom stereocenters. The van der Waals surface area contributed by atoms with E-state index in [0.29, 0.717) is 6.10 Å². The fraction of sp³-hybridized carbons (Fsp3) is 0.750. The van der Waals surface area contributed by atoms with Gasteiger partial charge in [-0.25, -0.2) is 0 Å². The second-order valence-corrected chi connectivity index (χ2v) is 2.21. The molecule has 0 aliphatic heterocycles. The molecule has 0 spiro atoms. The summed E-state index contributed by atoms with van der Waals surface area (Å²) in [6, 6.07) is 0. The standard InChI is InChI=1S/C8H16O/c1-4-6-8(3)9-7-5-2/h4,8H,1,5-7H2,2-3H3. The largest absolute Gasteiger partial charge is 0.378 e. The van der Waals surface area contributed by atoms with Crippen molar-refractivity contribution in [3.8, 4) is 0 Å². The van der Waals surface area contributed by atoms with Crippen molar-refractivity contribution in [1.82, 2.24) is 0 Å². The van der Waals surface area contributed by atoms with Gasteiger partial charge in [-0.2, -0.15) is 0 Å². The van der Waals surface area contributed by atoms with Crippen molar-refractivity contribution in [2.45, 2.75) is 32.8 Å². The summed E-state index contributed by atoms with van der Waals surface area (Å²) < 4.78 is 5.36. The van der Waals surface area contributed by atoms with Crippen LogP contribution in [0.3, 0.4) is 0 Å². The van der Waals surface area contributed by atoms with Gasteiger partial charge in [0.2, 0.25) is 0 Å². The highest BCUT2D eigenvalue weighted by atomic mass is 16.5. The second-order valence-electron chi connectivity index (χ2n) is 2.21. The van der Waals surface area contributed by atoms with E-state index in [-0.39, 0.29) is 0 Å². The van der Waals surface area contributed by atoms with E-state index in [1.807, 2.05) is 6.08 Å². The highest BCUT2D eigenvalue weighted by Crippen LogP contribution is 1.97. The molecule has 9 heavy (non-hydrogen) atoms. The van der Waals surface area contributed by atoms with E-state index in [1.165, 1.54) is 0 Å². The molecule has 0 aromatic rings. The topological polar surface area (TPSA) is 9.23 Å². The third kappa shape index (κ3) is 5.57. The van der Waals surface area contributed by atoms with E-state index in [2.05, 4.69) is 20.4 Å². The number of rotatable bonds is 5. The zero-order valence-electron chi connectivity index (χ0n) is 6.39. The van der Waals surface area contributed by atoms with Crippen molar-refractivity contribution in [2.75, 3.05) is 6.61 Å². The maximum Gasteiger partial charge on any atom is 0.0581 e. The average molecular weight is 128 g/mol. The van der Waals surface area contributed by atoms with Crippen molar-refractivity contribution in [2.24, 2.45) is 0 Å². The zero-order chi connectivity index (χ0) is 7.11. The van der Waals surface area contributed by atoms with Crippen LogP contribution >= 0.6 is 0 Å². The monoisotopic (exact) mass is 128 g/mol. The van der Waals surface area contributed by atoms with Crippen LogP contribution in [-0.2, 0) is 4.74 Å². The molecule has 0 bridgehead atoms. The van der Waals surface area contributed by atoms with Gasteiger partial charge in [-0.15, -0.1) is 6.58 Å². The van der Waals surface area contributed by atoms with Gasteiger partial charge in [0.15, 0.2) is 0 Å². The maximum absolute atomic E-state index is 5.36. The Hall–Kier alpha value is -0.300. The molecule has 0 aliphatic rings. The molecule has 0 saturated carbocycles. The van der Waals surface area contributed by atoms with Gasteiger partial charge in [-0.05, 0) is 19.8 Å². The van der Waals surface area contributed by atoms with Crippen molar-refractivity contribution < 1.29 is 4.74 Å². The lowest BCUT2D eigenvalue weighted by Gasteiger charge is -2.08. The second kappa shape index (κ2) is 5.83. The van der Waals surface area contributed by atoms with Gasteiger partial charge in [0.1, 0.15) is 0 Å². The number of hydrogen-bond donors (Lipinski definition) is 0. The fourth-order valence-electron chi connectivity index (χ4n) is 0.622. The van der Waals surface area contributed by atoms with Gasteiger partial charge in [0.25, 0.3) is 0 Å². The van der Waals surface area contributed by atoms with Gasteiger partial charge < -0.3 is 4.74 Å². The molecule has 0 aromatic heterocycles. The Morgan fingerprint density at radius 1 is 1.67 bits per heavy atom. The Morgan fingerprint density at radius 3 is 2.78 bits per heavy atom. The molecule has 0 amide bonds. The first kappa shape index (κ1) is 8.70. The lowest BCUT2D eigenvalue weighted by atomic mass is 10.3. The summed E-state index contributed by atoms with van der Waals surface area (Å²) in [5.74, 6) is 0. The normalized spacial score (nSPS) is 13.1. The van der Waals surface area contributed by atoms with Crippen molar-refractivity contribution in [1.29, 1.82) is 0 Å². The van der Waals surface area contributed by atoms with Crippen LogP contribution in [0.2, 0.25) is 0 Å². The number of hydrogen-bond acceptors (Lipinski definition) is 1. The summed E-state index contributed by atoms with van der Waals surface area (Å²) in [6.07, 6.45) is 4.30. The van der Waals surface area contributed by atoms with E-state index >= 15 is 0 Å². The minimum Gasteiger partial charge on any atom is -0.378 e. The van der Waals surface area contributed by atoms with Gasteiger partial charge in [0, 0.05) is 6.61 Å². The van der Waals surface area contributed by atoms with E-state index in [0.717, 1.165) is 19.4 Å². The quantitative estimate of drug-likeness (QED) is 0.516. The Bertz CT molecular complexity index is 69.0. The molecule has 1 unspecified atom stereocenters. The van der Waals surface area contributed by atoms with Crippen LogP contribution in [0.15, 0.2) is 12.7 Å². The summed E-state index contributed by atoms with van der Waals surface area (Å²) in [7, 11) is 0. The van der Waals surface area contributed by atoms with Gasteiger partial charge in [-0.3, -0.25) is 0 Å². The molecular formula is C8H16O. The SMILES string of the molecule is C=CCC(C)OCCC. The van der Waals surface area contributed by atoms with Crippen molar-refractivity contribution in [3.63, 3.8) is 0 Å². The molecule has 0 saturated heterocycles. The molecule has 0 N–H and O–H groups in total. The first-order chi connectivity index (χ1) is 4.31. The molecule has 0 rings (SSSR count). The van der Waals surface area contributed by atoms with Crippen LogP contribution in [0.4, 0.5) is 0 Å². The Balaban J connectivity index is 3.04. The predicted molar refractivity (Wildman–Crippen MR) is 40.5 cm³/mol. The lowest BCUT2D eigenvalue weighted by Crippen LogP contribution is -2.06. The van der Waals surface area contributed by atoms with Crippen LogP contribution in [0, 0.1) is 0 Å². The highest BCUT2D eigenvalue weighted by molar-refractivity contribution is 4.70. The zero-order valence-corrected chi connectivity index (χ0v) is 6.39. The molecule has 0 aliphatic carbocycles. The minimum atomic E-state index is 0.349. The molecule has 0 heterocycles. The molecule has 1 nitrogen and oxygen atoms in total. The summed E-state index contributed by atoms with van der Waals surface area (Å²) in [5.41, 5.74) is 0. The number of ether oxygens (including phenoxy) is 1. The smallest absolute Gasteiger partial charge is 0.0581 e. The molecule has 54 valence electrons. The van der Waals surface area contributed by atoms with Gasteiger partial charge in [-0.1, -0.05) is 13.0 Å². The first-order valence-electron chi connectivity index (χ1n) is 3.53. The van der Waals surface area contributed by atoms with E-state index in [4.69, 9.17) is 4.74 Å². The average Bonchev–Trinajstić information content (AvgIpc) is 1.85. The summed E-state index contributed by atoms with van der Waals surface area (Å²) in [6.45, 7) is 8.68. The van der Waals surface area contributed by atoms with Gasteiger partial charge >= 0.3 is 0 Å². The van der Waals surface area contributed by atoms with Crippen molar-refractivity contribution in [3.05, 3.63) is 12.7 Å². The third-order valence-electron chi connectivity index (χ3n) is 1.11.